The highest BCUT2D eigenvalue weighted by atomic mass is 16.6. The quantitative estimate of drug-likeness (QED) is 0.0925. The number of amides is 2. The Balaban J connectivity index is 1.14. The molecule has 0 heterocycles. The smallest absolute Gasteiger partial charge is 0.407 e. The number of benzene rings is 2. The number of nitrogens with one attached hydrogen (secondary N) is 2. The zero-order valence-corrected chi connectivity index (χ0v) is 30.9. The summed E-state index contributed by atoms with van der Waals surface area (Å²) in [6, 6.07) is 18.3. The van der Waals surface area contributed by atoms with E-state index in [-0.39, 0.29) is 49.7 Å². The van der Waals surface area contributed by atoms with Gasteiger partial charge in [0.2, 0.25) is 0 Å². The second-order valence-electron chi connectivity index (χ2n) is 14.0. The summed E-state index contributed by atoms with van der Waals surface area (Å²) in [4.78, 5) is 49.6. The first-order valence-corrected chi connectivity index (χ1v) is 18.5. The third-order valence-corrected chi connectivity index (χ3v) is 9.41. The second-order valence-corrected chi connectivity index (χ2v) is 14.0. The molecule has 0 radical (unpaired) electrons. The molecule has 2 saturated carbocycles. The van der Waals surface area contributed by atoms with Gasteiger partial charge in [0.1, 0.15) is 37.9 Å². The summed E-state index contributed by atoms with van der Waals surface area (Å²) in [5.74, 6) is 1.27. The van der Waals surface area contributed by atoms with E-state index in [1.54, 1.807) is 38.1 Å². The Labute approximate surface area is 312 Å². The van der Waals surface area contributed by atoms with Crippen LogP contribution in [0.5, 0.6) is 11.5 Å². The average molecular weight is 735 g/mol. The van der Waals surface area contributed by atoms with E-state index >= 15 is 0 Å². The van der Waals surface area contributed by atoms with Gasteiger partial charge in [-0.2, -0.15) is 0 Å². The van der Waals surface area contributed by atoms with Gasteiger partial charge >= 0.3 is 24.1 Å². The Morgan fingerprint density at radius 2 is 0.943 bits per heavy atom. The van der Waals surface area contributed by atoms with E-state index in [1.165, 1.54) is 0 Å². The van der Waals surface area contributed by atoms with Crippen LogP contribution in [0.25, 0.3) is 0 Å². The molecule has 2 aromatic carbocycles. The van der Waals surface area contributed by atoms with Gasteiger partial charge in [-0.3, -0.25) is 0 Å². The van der Waals surface area contributed by atoms with Crippen LogP contribution in [0.15, 0.2) is 85.0 Å². The molecular formula is C41H54N2O10. The molecule has 2 aliphatic rings. The first kappa shape index (κ1) is 40.8. The van der Waals surface area contributed by atoms with Gasteiger partial charge in [0, 0.05) is 23.2 Å². The number of carbonyl (C=O) groups excluding carboxylic acids is 4. The number of carbonyl (C=O) groups is 4. The molecule has 2 atom stereocenters. The van der Waals surface area contributed by atoms with Gasteiger partial charge in [0.25, 0.3) is 0 Å². The van der Waals surface area contributed by atoms with Crippen molar-refractivity contribution in [2.24, 2.45) is 11.8 Å². The highest BCUT2D eigenvalue weighted by molar-refractivity contribution is 5.87. The van der Waals surface area contributed by atoms with Gasteiger partial charge in [-0.1, -0.05) is 49.6 Å². The SMILES string of the molecule is C=C(C)C(=O)OC[C@@H](COc1ccccc1)OC(=O)NC1CCC(CC2CCC(NC(=O)O[C@@H](COC(=O)C(=C)C)COc3ccccc3)CC2)CC1. The molecule has 2 fully saturated rings. The summed E-state index contributed by atoms with van der Waals surface area (Å²) in [6.07, 6.45) is 5.88. The topological polar surface area (TPSA) is 148 Å². The number of esters is 2. The molecule has 12 nitrogen and oxygen atoms in total. The Morgan fingerprint density at radius 1 is 0.585 bits per heavy atom. The van der Waals surface area contributed by atoms with E-state index in [1.807, 2.05) is 36.4 Å². The van der Waals surface area contributed by atoms with E-state index in [9.17, 15) is 19.2 Å². The van der Waals surface area contributed by atoms with Crippen LogP contribution < -0.4 is 20.1 Å². The van der Waals surface area contributed by atoms with Crippen molar-refractivity contribution in [2.45, 2.75) is 95.9 Å². The van der Waals surface area contributed by atoms with Gasteiger partial charge in [-0.05, 0) is 108 Å². The Morgan fingerprint density at radius 3 is 1.28 bits per heavy atom. The number of alkyl carbamates (subject to hydrolysis) is 2. The van der Waals surface area contributed by atoms with Crippen molar-refractivity contribution in [2.75, 3.05) is 26.4 Å². The zero-order valence-electron chi connectivity index (χ0n) is 30.9. The van der Waals surface area contributed by atoms with E-state index in [4.69, 9.17) is 28.4 Å². The maximum atomic E-state index is 12.8. The fourth-order valence-electron chi connectivity index (χ4n) is 6.49. The van der Waals surface area contributed by atoms with E-state index in [0.717, 1.165) is 57.8 Å². The molecule has 2 aromatic rings. The lowest BCUT2D eigenvalue weighted by atomic mass is 9.76. The van der Waals surface area contributed by atoms with Crippen molar-refractivity contribution in [3.63, 3.8) is 0 Å². The fraction of sp³-hybridized carbons (Fsp3) is 0.512. The third kappa shape index (κ3) is 15.2. The summed E-state index contributed by atoms with van der Waals surface area (Å²) in [6.45, 7) is 10.1. The highest BCUT2D eigenvalue weighted by Crippen LogP contribution is 2.35. The predicted octanol–water partition coefficient (Wildman–Crippen LogP) is 7.08. The summed E-state index contributed by atoms with van der Waals surface area (Å²) in [7, 11) is 0. The van der Waals surface area contributed by atoms with Crippen molar-refractivity contribution < 1.29 is 47.6 Å². The van der Waals surface area contributed by atoms with Crippen molar-refractivity contribution in [1.82, 2.24) is 10.6 Å². The van der Waals surface area contributed by atoms with Crippen LogP contribution in [0.1, 0.15) is 71.6 Å². The first-order chi connectivity index (χ1) is 25.5. The third-order valence-electron chi connectivity index (χ3n) is 9.41. The molecule has 2 amide bonds. The van der Waals surface area contributed by atoms with Crippen molar-refractivity contribution in [3.8, 4) is 11.5 Å². The maximum Gasteiger partial charge on any atom is 0.407 e. The van der Waals surface area contributed by atoms with Crippen LogP contribution in [-0.4, -0.2) is 74.8 Å². The Kier molecular flexibility index (Phi) is 16.5. The predicted molar refractivity (Wildman–Crippen MR) is 198 cm³/mol. The first-order valence-electron chi connectivity index (χ1n) is 18.5. The van der Waals surface area contributed by atoms with Gasteiger partial charge < -0.3 is 39.1 Å². The molecule has 53 heavy (non-hydrogen) atoms. The van der Waals surface area contributed by atoms with Crippen LogP contribution in [0.4, 0.5) is 9.59 Å². The Hall–Kier alpha value is -5.00. The minimum Gasteiger partial charge on any atom is -0.490 e. The molecule has 4 rings (SSSR count). The number of ether oxygens (including phenoxy) is 6. The van der Waals surface area contributed by atoms with Crippen molar-refractivity contribution >= 4 is 24.1 Å². The Bertz CT molecular complexity index is 1370. The maximum absolute atomic E-state index is 12.8. The van der Waals surface area contributed by atoms with Gasteiger partial charge in [0.15, 0.2) is 12.2 Å². The van der Waals surface area contributed by atoms with Crippen LogP contribution in [0.2, 0.25) is 0 Å². The molecule has 2 N–H and O–H groups in total. The highest BCUT2D eigenvalue weighted by Gasteiger charge is 2.30. The second kappa shape index (κ2) is 21.5. The van der Waals surface area contributed by atoms with Crippen molar-refractivity contribution in [3.05, 3.63) is 85.0 Å². The monoisotopic (exact) mass is 734 g/mol. The summed E-state index contributed by atoms with van der Waals surface area (Å²) >= 11 is 0. The lowest BCUT2D eigenvalue weighted by molar-refractivity contribution is -0.143. The standard InChI is InChI=1S/C41H54N2O10/c1-28(2)38(44)50-26-36(24-48-34-11-7-5-8-12-34)52-40(46)42-32-19-15-30(16-20-32)23-31-17-21-33(22-18-31)43-41(47)53-37(27-51-39(45)29(3)4)25-49-35-13-9-6-10-14-35/h5-14,30-33,36-37H,1,3,15-27H2,2,4H3,(H,42,46)(H,43,47)/t30?,31?,32?,33?,36-,37-/m1/s1. The number of hydrogen-bond donors (Lipinski definition) is 2. The van der Waals surface area contributed by atoms with Crippen molar-refractivity contribution in [1.29, 1.82) is 0 Å². The minimum atomic E-state index is -0.789. The lowest BCUT2D eigenvalue weighted by Gasteiger charge is -2.34. The van der Waals surface area contributed by atoms with E-state index in [0.29, 0.717) is 23.3 Å². The molecule has 0 unspecified atom stereocenters. The largest absolute Gasteiger partial charge is 0.490 e. The minimum absolute atomic E-state index is 0.00425. The van der Waals surface area contributed by atoms with Crippen LogP contribution in [0, 0.1) is 11.8 Å². The average Bonchev–Trinajstić information content (AvgIpc) is 3.15. The lowest BCUT2D eigenvalue weighted by Crippen LogP contribution is -2.42. The number of hydrogen-bond acceptors (Lipinski definition) is 10. The molecule has 12 heteroatoms. The zero-order chi connectivity index (χ0) is 38.0. The molecular weight excluding hydrogens is 680 g/mol. The van der Waals surface area contributed by atoms with Crippen LogP contribution >= 0.6 is 0 Å². The van der Waals surface area contributed by atoms with Gasteiger partial charge in [-0.25, -0.2) is 19.2 Å². The molecule has 288 valence electrons. The molecule has 2 aliphatic carbocycles. The van der Waals surface area contributed by atoms with E-state index in [2.05, 4.69) is 23.8 Å². The number of para-hydroxylation sites is 2. The van der Waals surface area contributed by atoms with Gasteiger partial charge in [0.05, 0.1) is 0 Å². The molecule has 0 saturated heterocycles. The summed E-state index contributed by atoms with van der Waals surface area (Å²) in [5, 5.41) is 5.98. The van der Waals surface area contributed by atoms with Crippen LogP contribution in [0.3, 0.4) is 0 Å². The molecule has 0 aliphatic heterocycles. The number of rotatable bonds is 18. The van der Waals surface area contributed by atoms with Crippen LogP contribution in [-0.2, 0) is 28.5 Å². The normalized spacial score (nSPS) is 20.7. The fourth-order valence-corrected chi connectivity index (χ4v) is 6.49. The molecule has 0 bridgehead atoms. The van der Waals surface area contributed by atoms with E-state index < -0.39 is 36.3 Å². The molecule has 0 spiro atoms. The van der Waals surface area contributed by atoms with Gasteiger partial charge in [-0.15, -0.1) is 0 Å². The summed E-state index contributed by atoms with van der Waals surface area (Å²) < 4.78 is 33.2. The molecule has 0 aromatic heterocycles. The summed E-state index contributed by atoms with van der Waals surface area (Å²) in [5.41, 5.74) is 0.519.